The van der Waals surface area contributed by atoms with Crippen LogP contribution in [0, 0.1) is 0 Å². The molecule has 2 aliphatic heterocycles. The molecule has 1 aromatic carbocycles. The Morgan fingerprint density at radius 3 is 2.70 bits per heavy atom. The van der Waals surface area contributed by atoms with Crippen LogP contribution in [-0.4, -0.2) is 32.4 Å². The minimum Gasteiger partial charge on any atom is -0.385 e. The van der Waals surface area contributed by atoms with E-state index in [1.165, 1.54) is 0 Å². The smallest absolute Gasteiger partial charge is 0.301 e. The van der Waals surface area contributed by atoms with E-state index in [4.69, 9.17) is 0 Å². The van der Waals surface area contributed by atoms with Gasteiger partial charge in [0.2, 0.25) is 0 Å². The number of nitrogens with zero attached hydrogens (tertiary/aromatic N) is 1. The highest BCUT2D eigenvalue weighted by Gasteiger charge is 2.25. The molecule has 0 spiro atoms. The van der Waals surface area contributed by atoms with E-state index in [0.717, 1.165) is 55.6 Å². The van der Waals surface area contributed by atoms with Crippen molar-refractivity contribution in [3.8, 4) is 0 Å². The molecule has 2 N–H and O–H groups in total. The maximum absolute atomic E-state index is 12.4. The molecule has 1 fully saturated rings. The van der Waals surface area contributed by atoms with Gasteiger partial charge in [0.1, 0.15) is 0 Å². The van der Waals surface area contributed by atoms with Crippen molar-refractivity contribution >= 4 is 21.6 Å². The van der Waals surface area contributed by atoms with Gasteiger partial charge in [-0.2, -0.15) is 12.7 Å². The van der Waals surface area contributed by atoms with Crippen molar-refractivity contribution in [1.29, 1.82) is 0 Å². The first kappa shape index (κ1) is 13.7. The van der Waals surface area contributed by atoms with Crippen LogP contribution in [0.15, 0.2) is 18.2 Å². The molecule has 0 aromatic heterocycles. The number of piperidine rings is 1. The van der Waals surface area contributed by atoms with Gasteiger partial charge in [0.25, 0.3) is 0 Å². The normalized spacial score (nSPS) is 20.0. The Bertz CT molecular complexity index is 580. The van der Waals surface area contributed by atoms with Crippen LogP contribution in [0.2, 0.25) is 0 Å². The lowest BCUT2D eigenvalue weighted by Crippen LogP contribution is -2.39. The van der Waals surface area contributed by atoms with Crippen LogP contribution in [0.1, 0.15) is 31.2 Å². The Morgan fingerprint density at radius 1 is 1.10 bits per heavy atom. The molecular weight excluding hydrogens is 274 g/mol. The highest BCUT2D eigenvalue weighted by molar-refractivity contribution is 7.90. The number of nitrogens with one attached hydrogen (secondary N) is 2. The fourth-order valence-corrected chi connectivity index (χ4v) is 4.25. The van der Waals surface area contributed by atoms with E-state index in [-0.39, 0.29) is 0 Å². The largest absolute Gasteiger partial charge is 0.385 e. The van der Waals surface area contributed by atoms with Gasteiger partial charge in [-0.15, -0.1) is 0 Å². The molecule has 0 bridgehead atoms. The van der Waals surface area contributed by atoms with Crippen molar-refractivity contribution in [3.63, 3.8) is 0 Å². The summed E-state index contributed by atoms with van der Waals surface area (Å²) in [5.74, 6) is 0. The number of fused-ring (bicyclic) bond motifs is 1. The molecule has 1 saturated heterocycles. The SMILES string of the molecule is O=S(=O)(Nc1cccc2c1CCCN2)N1CCCCC1. The van der Waals surface area contributed by atoms with E-state index in [1.807, 2.05) is 18.2 Å². The van der Waals surface area contributed by atoms with Crippen molar-refractivity contribution < 1.29 is 8.42 Å². The van der Waals surface area contributed by atoms with Crippen LogP contribution in [0.3, 0.4) is 0 Å². The zero-order valence-corrected chi connectivity index (χ0v) is 12.4. The summed E-state index contributed by atoms with van der Waals surface area (Å²) in [4.78, 5) is 0. The maximum Gasteiger partial charge on any atom is 0.301 e. The van der Waals surface area contributed by atoms with E-state index in [9.17, 15) is 8.42 Å². The summed E-state index contributed by atoms with van der Waals surface area (Å²) in [6, 6.07) is 5.76. The molecule has 0 radical (unpaired) electrons. The summed E-state index contributed by atoms with van der Waals surface area (Å²) in [5.41, 5.74) is 2.86. The summed E-state index contributed by atoms with van der Waals surface area (Å²) < 4.78 is 29.2. The molecule has 0 amide bonds. The third kappa shape index (κ3) is 2.76. The van der Waals surface area contributed by atoms with Gasteiger partial charge < -0.3 is 5.32 Å². The van der Waals surface area contributed by atoms with Crippen molar-refractivity contribution in [2.45, 2.75) is 32.1 Å². The Labute approximate surface area is 120 Å². The van der Waals surface area contributed by atoms with Crippen LogP contribution in [-0.2, 0) is 16.6 Å². The summed E-state index contributed by atoms with van der Waals surface area (Å²) in [6.45, 7) is 2.21. The van der Waals surface area contributed by atoms with E-state index < -0.39 is 10.2 Å². The van der Waals surface area contributed by atoms with E-state index in [2.05, 4.69) is 10.0 Å². The number of rotatable bonds is 3. The first-order valence-electron chi connectivity index (χ1n) is 7.30. The molecule has 0 saturated carbocycles. The number of anilines is 2. The third-order valence-corrected chi connectivity index (χ3v) is 5.51. The molecule has 3 rings (SSSR count). The van der Waals surface area contributed by atoms with Crippen molar-refractivity contribution in [3.05, 3.63) is 23.8 Å². The maximum atomic E-state index is 12.4. The van der Waals surface area contributed by atoms with Gasteiger partial charge in [-0.05, 0) is 43.4 Å². The summed E-state index contributed by atoms with van der Waals surface area (Å²) >= 11 is 0. The average molecular weight is 295 g/mol. The highest BCUT2D eigenvalue weighted by Crippen LogP contribution is 2.30. The minimum absolute atomic E-state index is 0.628. The predicted molar refractivity (Wildman–Crippen MR) is 81.2 cm³/mol. The molecule has 6 heteroatoms. The minimum atomic E-state index is -3.41. The van der Waals surface area contributed by atoms with Crippen molar-refractivity contribution in [2.24, 2.45) is 0 Å². The van der Waals surface area contributed by atoms with Crippen LogP contribution < -0.4 is 10.0 Å². The predicted octanol–water partition coefficient (Wildman–Crippen LogP) is 2.19. The molecule has 2 aliphatic rings. The third-order valence-electron chi connectivity index (χ3n) is 3.99. The highest BCUT2D eigenvalue weighted by atomic mass is 32.2. The molecule has 5 nitrogen and oxygen atoms in total. The molecule has 110 valence electrons. The average Bonchev–Trinajstić information content (AvgIpc) is 2.48. The van der Waals surface area contributed by atoms with Gasteiger partial charge in [-0.3, -0.25) is 4.72 Å². The van der Waals surface area contributed by atoms with Gasteiger partial charge in [0.05, 0.1) is 5.69 Å². The Kier molecular flexibility index (Phi) is 3.85. The molecule has 0 atom stereocenters. The van der Waals surface area contributed by atoms with Crippen LogP contribution in [0.25, 0.3) is 0 Å². The molecular formula is C14H21N3O2S. The summed E-state index contributed by atoms with van der Waals surface area (Å²) in [6.07, 6.45) is 4.98. The fraction of sp³-hybridized carbons (Fsp3) is 0.571. The van der Waals surface area contributed by atoms with E-state index in [1.54, 1.807) is 4.31 Å². The second-order valence-electron chi connectivity index (χ2n) is 5.43. The lowest BCUT2D eigenvalue weighted by Gasteiger charge is -2.28. The van der Waals surface area contributed by atoms with E-state index in [0.29, 0.717) is 13.1 Å². The van der Waals surface area contributed by atoms with Crippen LogP contribution in [0.5, 0.6) is 0 Å². The van der Waals surface area contributed by atoms with Crippen molar-refractivity contribution in [2.75, 3.05) is 29.7 Å². The van der Waals surface area contributed by atoms with E-state index >= 15 is 0 Å². The number of hydrogen-bond acceptors (Lipinski definition) is 3. The number of hydrogen-bond donors (Lipinski definition) is 2. The van der Waals surface area contributed by atoms with Gasteiger partial charge >= 0.3 is 10.2 Å². The van der Waals surface area contributed by atoms with Gasteiger partial charge in [0, 0.05) is 25.3 Å². The molecule has 0 unspecified atom stereocenters. The van der Waals surface area contributed by atoms with Crippen LogP contribution in [0.4, 0.5) is 11.4 Å². The first-order valence-corrected chi connectivity index (χ1v) is 8.74. The van der Waals surface area contributed by atoms with Crippen molar-refractivity contribution in [1.82, 2.24) is 4.31 Å². The zero-order valence-electron chi connectivity index (χ0n) is 11.6. The Hall–Kier alpha value is -1.27. The van der Waals surface area contributed by atoms with Gasteiger partial charge in [0.15, 0.2) is 0 Å². The zero-order chi connectivity index (χ0) is 14.0. The molecule has 1 aromatic rings. The Balaban J connectivity index is 1.83. The molecule has 2 heterocycles. The standard InChI is InChI=1S/C14H21N3O2S/c18-20(19,17-10-2-1-3-11-17)16-14-8-4-7-13-12(14)6-5-9-15-13/h4,7-8,15-16H,1-3,5-6,9-11H2. The topological polar surface area (TPSA) is 61.4 Å². The second kappa shape index (κ2) is 5.61. The quantitative estimate of drug-likeness (QED) is 0.898. The van der Waals surface area contributed by atoms with Gasteiger partial charge in [-0.1, -0.05) is 12.5 Å². The van der Waals surface area contributed by atoms with Crippen LogP contribution >= 0.6 is 0 Å². The lowest BCUT2D eigenvalue weighted by molar-refractivity contribution is 0.349. The first-order chi connectivity index (χ1) is 9.67. The summed E-state index contributed by atoms with van der Waals surface area (Å²) in [7, 11) is -3.41. The fourth-order valence-electron chi connectivity index (χ4n) is 2.91. The Morgan fingerprint density at radius 2 is 1.90 bits per heavy atom. The lowest BCUT2D eigenvalue weighted by atomic mass is 10.0. The number of benzene rings is 1. The molecule has 0 aliphatic carbocycles. The van der Waals surface area contributed by atoms with Gasteiger partial charge in [-0.25, -0.2) is 0 Å². The molecule has 20 heavy (non-hydrogen) atoms. The summed E-state index contributed by atoms with van der Waals surface area (Å²) in [5, 5.41) is 3.32. The monoisotopic (exact) mass is 295 g/mol. The second-order valence-corrected chi connectivity index (χ2v) is 7.10.